The molecule has 4 nitrogen and oxygen atoms in total. The average molecular weight is 281 g/mol. The van der Waals surface area contributed by atoms with Crippen LogP contribution < -0.4 is 10.6 Å². The van der Waals surface area contributed by atoms with Crippen LogP contribution in [-0.2, 0) is 6.54 Å². The summed E-state index contributed by atoms with van der Waals surface area (Å²) in [7, 11) is 2.08. The number of pyridine rings is 1. The van der Waals surface area contributed by atoms with Gasteiger partial charge in [0.05, 0.1) is 6.26 Å². The maximum absolute atomic E-state index is 6.06. The summed E-state index contributed by atoms with van der Waals surface area (Å²) < 4.78 is 5.37. The quantitative estimate of drug-likeness (QED) is 0.744. The van der Waals surface area contributed by atoms with E-state index >= 15 is 0 Å². The van der Waals surface area contributed by atoms with Crippen LogP contribution in [0.4, 0.5) is 11.4 Å². The number of rotatable bonds is 3. The Morgan fingerprint density at radius 3 is 2.71 bits per heavy atom. The van der Waals surface area contributed by atoms with Gasteiger partial charge in [0.25, 0.3) is 0 Å². The van der Waals surface area contributed by atoms with Crippen LogP contribution in [0.5, 0.6) is 0 Å². The lowest BCUT2D eigenvalue weighted by Gasteiger charge is -2.21. The van der Waals surface area contributed by atoms with E-state index in [2.05, 4.69) is 29.1 Å². The minimum Gasteiger partial charge on any atom is -0.469 e. The highest BCUT2D eigenvalue weighted by Crippen LogP contribution is 2.31. The summed E-state index contributed by atoms with van der Waals surface area (Å²) >= 11 is 0. The molecule has 0 bridgehead atoms. The Labute approximate surface area is 124 Å². The predicted octanol–water partition coefficient (Wildman–Crippen LogP) is 3.66. The maximum atomic E-state index is 6.06. The zero-order valence-corrected chi connectivity index (χ0v) is 12.6. The molecule has 0 fully saturated rings. The number of anilines is 2. The smallest absolute Gasteiger partial charge is 0.105 e. The molecule has 0 unspecified atom stereocenters. The van der Waals surface area contributed by atoms with Crippen LogP contribution in [0, 0.1) is 13.8 Å². The average Bonchev–Trinajstić information content (AvgIpc) is 2.84. The summed E-state index contributed by atoms with van der Waals surface area (Å²) in [6.07, 6.45) is 3.58. The molecule has 0 radical (unpaired) electrons. The fourth-order valence-corrected chi connectivity index (χ4v) is 2.60. The van der Waals surface area contributed by atoms with E-state index in [0.717, 1.165) is 40.1 Å². The van der Waals surface area contributed by atoms with Gasteiger partial charge in [0.15, 0.2) is 0 Å². The number of nitrogen functional groups attached to an aromatic ring is 1. The Morgan fingerprint density at radius 1 is 1.19 bits per heavy atom. The number of hydrogen-bond acceptors (Lipinski definition) is 4. The first kappa shape index (κ1) is 13.5. The van der Waals surface area contributed by atoms with Gasteiger partial charge in [-0.1, -0.05) is 0 Å². The van der Waals surface area contributed by atoms with E-state index in [1.165, 1.54) is 5.56 Å². The second kappa shape index (κ2) is 5.13. The van der Waals surface area contributed by atoms with Crippen LogP contribution in [0.15, 0.2) is 41.1 Å². The second-order valence-corrected chi connectivity index (χ2v) is 5.40. The van der Waals surface area contributed by atoms with Crippen molar-refractivity contribution in [1.29, 1.82) is 0 Å². The standard InChI is InChI=1S/C17H19N3O/c1-11-8-14-15(9-19-11)16(18)4-5-17(14)20(3)10-13-6-7-21-12(13)2/h4-9H,10,18H2,1-3H3. The van der Waals surface area contributed by atoms with Crippen LogP contribution in [-0.4, -0.2) is 12.0 Å². The lowest BCUT2D eigenvalue weighted by molar-refractivity contribution is 0.529. The number of nitrogens with zero attached hydrogens (tertiary/aromatic N) is 2. The zero-order valence-electron chi connectivity index (χ0n) is 12.6. The number of aromatic nitrogens is 1. The van der Waals surface area contributed by atoms with Gasteiger partial charge in [-0.3, -0.25) is 4.98 Å². The number of nitrogens with two attached hydrogens (primary N) is 1. The van der Waals surface area contributed by atoms with E-state index in [1.807, 2.05) is 32.2 Å². The van der Waals surface area contributed by atoms with E-state index < -0.39 is 0 Å². The van der Waals surface area contributed by atoms with E-state index in [1.54, 1.807) is 6.26 Å². The molecule has 0 saturated heterocycles. The largest absolute Gasteiger partial charge is 0.469 e. The Kier molecular flexibility index (Phi) is 3.29. The first-order valence-corrected chi connectivity index (χ1v) is 6.95. The maximum Gasteiger partial charge on any atom is 0.105 e. The fraction of sp³-hybridized carbons (Fsp3) is 0.235. The van der Waals surface area contributed by atoms with Crippen LogP contribution >= 0.6 is 0 Å². The van der Waals surface area contributed by atoms with E-state index in [4.69, 9.17) is 10.2 Å². The molecule has 2 aromatic heterocycles. The fourth-order valence-electron chi connectivity index (χ4n) is 2.60. The van der Waals surface area contributed by atoms with Crippen LogP contribution in [0.3, 0.4) is 0 Å². The van der Waals surface area contributed by atoms with E-state index in [-0.39, 0.29) is 0 Å². The van der Waals surface area contributed by atoms with Gasteiger partial charge < -0.3 is 15.1 Å². The minimum atomic E-state index is 0.758. The molecule has 3 aromatic rings. The lowest BCUT2D eigenvalue weighted by atomic mass is 10.1. The molecule has 108 valence electrons. The molecule has 0 aliphatic carbocycles. The van der Waals surface area contributed by atoms with Gasteiger partial charge in [0.2, 0.25) is 0 Å². The topological polar surface area (TPSA) is 55.3 Å². The Hall–Kier alpha value is -2.49. The highest BCUT2D eigenvalue weighted by atomic mass is 16.3. The van der Waals surface area contributed by atoms with Gasteiger partial charge in [0.1, 0.15) is 5.76 Å². The first-order valence-electron chi connectivity index (χ1n) is 6.95. The van der Waals surface area contributed by atoms with E-state index in [9.17, 15) is 0 Å². The third-order valence-corrected chi connectivity index (χ3v) is 3.83. The first-order chi connectivity index (χ1) is 10.1. The molecule has 2 N–H and O–H groups in total. The number of hydrogen-bond donors (Lipinski definition) is 1. The summed E-state index contributed by atoms with van der Waals surface area (Å²) in [6, 6.07) is 8.10. The van der Waals surface area contributed by atoms with Gasteiger partial charge >= 0.3 is 0 Å². The van der Waals surface area contributed by atoms with Crippen LogP contribution in [0.1, 0.15) is 17.0 Å². The van der Waals surface area contributed by atoms with Crippen molar-refractivity contribution in [3.05, 3.63) is 53.7 Å². The molecule has 4 heteroatoms. The van der Waals surface area contributed by atoms with Crippen molar-refractivity contribution < 1.29 is 4.42 Å². The predicted molar refractivity (Wildman–Crippen MR) is 86.4 cm³/mol. The van der Waals surface area contributed by atoms with Gasteiger partial charge in [-0.25, -0.2) is 0 Å². The summed E-state index contributed by atoms with van der Waals surface area (Å²) in [5.41, 5.74) is 10.1. The molecule has 0 saturated carbocycles. The summed E-state index contributed by atoms with van der Waals surface area (Å²) in [4.78, 5) is 6.55. The van der Waals surface area contributed by atoms with Crippen molar-refractivity contribution in [3.8, 4) is 0 Å². The van der Waals surface area contributed by atoms with Gasteiger partial charge in [-0.05, 0) is 38.1 Å². The Balaban J connectivity index is 2.05. The van der Waals surface area contributed by atoms with Crippen LogP contribution in [0.25, 0.3) is 10.8 Å². The molecule has 1 aromatic carbocycles. The summed E-state index contributed by atoms with van der Waals surface area (Å²) in [6.45, 7) is 4.77. The molecule has 0 spiro atoms. The van der Waals surface area contributed by atoms with Crippen molar-refractivity contribution in [2.24, 2.45) is 0 Å². The van der Waals surface area contributed by atoms with Crippen molar-refractivity contribution in [2.75, 3.05) is 17.7 Å². The zero-order chi connectivity index (χ0) is 15.0. The molecular formula is C17H19N3O. The van der Waals surface area contributed by atoms with E-state index in [0.29, 0.717) is 0 Å². The molecular weight excluding hydrogens is 262 g/mol. The van der Waals surface area contributed by atoms with Gasteiger partial charge in [0, 0.05) is 53.2 Å². The highest BCUT2D eigenvalue weighted by molar-refractivity contribution is 6.01. The molecule has 2 heterocycles. The molecule has 0 aliphatic heterocycles. The molecule has 0 amide bonds. The van der Waals surface area contributed by atoms with Crippen molar-refractivity contribution in [2.45, 2.75) is 20.4 Å². The van der Waals surface area contributed by atoms with Crippen molar-refractivity contribution >= 4 is 22.1 Å². The van der Waals surface area contributed by atoms with Crippen molar-refractivity contribution in [3.63, 3.8) is 0 Å². The SMILES string of the molecule is Cc1cc2c(N(C)Cc3ccoc3C)ccc(N)c2cn1. The number of aryl methyl sites for hydroxylation is 2. The highest BCUT2D eigenvalue weighted by Gasteiger charge is 2.11. The van der Waals surface area contributed by atoms with Gasteiger partial charge in [-0.15, -0.1) is 0 Å². The monoisotopic (exact) mass is 281 g/mol. The summed E-state index contributed by atoms with van der Waals surface area (Å²) in [5, 5.41) is 2.13. The number of furan rings is 1. The molecule has 0 atom stereocenters. The third-order valence-electron chi connectivity index (χ3n) is 3.83. The molecule has 0 aliphatic rings. The van der Waals surface area contributed by atoms with Gasteiger partial charge in [-0.2, -0.15) is 0 Å². The number of fused-ring (bicyclic) bond motifs is 1. The third kappa shape index (κ3) is 2.44. The van der Waals surface area contributed by atoms with Crippen molar-refractivity contribution in [1.82, 2.24) is 4.98 Å². The Morgan fingerprint density at radius 2 is 2.00 bits per heavy atom. The lowest BCUT2D eigenvalue weighted by Crippen LogP contribution is -2.17. The Bertz CT molecular complexity index is 792. The van der Waals surface area contributed by atoms with Crippen LogP contribution in [0.2, 0.25) is 0 Å². The second-order valence-electron chi connectivity index (χ2n) is 5.40. The normalized spacial score (nSPS) is 11.0. The molecule has 3 rings (SSSR count). The summed E-state index contributed by atoms with van der Waals surface area (Å²) in [5.74, 6) is 0.958. The minimum absolute atomic E-state index is 0.758. The number of benzene rings is 1. The molecule has 21 heavy (non-hydrogen) atoms.